The molecule has 0 aliphatic carbocycles. The third kappa shape index (κ3) is 3.15. The molecule has 27 heavy (non-hydrogen) atoms. The van der Waals surface area contributed by atoms with Gasteiger partial charge in [-0.15, -0.1) is 0 Å². The second-order valence-corrected chi connectivity index (χ2v) is 6.87. The van der Waals surface area contributed by atoms with Crippen LogP contribution >= 0.6 is 0 Å². The first-order valence-corrected chi connectivity index (χ1v) is 9.09. The predicted molar refractivity (Wildman–Crippen MR) is 104 cm³/mol. The van der Waals surface area contributed by atoms with Crippen molar-refractivity contribution in [2.24, 2.45) is 0 Å². The summed E-state index contributed by atoms with van der Waals surface area (Å²) in [6, 6.07) is 14.6. The Morgan fingerprint density at radius 1 is 1.11 bits per heavy atom. The fourth-order valence-corrected chi connectivity index (χ4v) is 3.52. The fraction of sp³-hybridized carbons (Fsp3) is 0.273. The van der Waals surface area contributed by atoms with Gasteiger partial charge in [0.1, 0.15) is 5.76 Å². The maximum absolute atomic E-state index is 13.1. The number of amides is 1. The summed E-state index contributed by atoms with van der Waals surface area (Å²) in [6.45, 7) is 5.26. The molecular weight excluding hydrogens is 342 g/mol. The molecule has 4 rings (SSSR count). The molecule has 0 spiro atoms. The van der Waals surface area contributed by atoms with E-state index in [1.165, 1.54) is 0 Å². The van der Waals surface area contributed by atoms with E-state index in [9.17, 15) is 9.59 Å². The van der Waals surface area contributed by atoms with Crippen LogP contribution in [0.2, 0.25) is 0 Å². The highest BCUT2D eigenvalue weighted by Gasteiger charge is 2.25. The van der Waals surface area contributed by atoms with Gasteiger partial charge in [-0.25, -0.2) is 0 Å². The predicted octanol–water partition coefficient (Wildman–Crippen LogP) is 3.63. The number of fused-ring (bicyclic) bond motifs is 1. The summed E-state index contributed by atoms with van der Waals surface area (Å²) in [6.07, 6.45) is -0.00758. The summed E-state index contributed by atoms with van der Waals surface area (Å²) >= 11 is 0. The molecule has 1 amide bonds. The second kappa shape index (κ2) is 7.00. The van der Waals surface area contributed by atoms with Crippen molar-refractivity contribution in [1.29, 1.82) is 0 Å². The molecule has 1 aromatic heterocycles. The number of hydrogen-bond acceptors (Lipinski definition) is 4. The van der Waals surface area contributed by atoms with Crippen molar-refractivity contribution in [2.45, 2.75) is 20.0 Å². The number of morpholine rings is 1. The number of nitrogens with zero attached hydrogens (tertiary/aromatic N) is 1. The third-order valence-corrected chi connectivity index (χ3v) is 4.94. The minimum atomic E-state index is -0.137. The highest BCUT2D eigenvalue weighted by atomic mass is 16.5. The first kappa shape index (κ1) is 17.5. The van der Waals surface area contributed by atoms with Crippen LogP contribution in [0.25, 0.3) is 22.3 Å². The van der Waals surface area contributed by atoms with Gasteiger partial charge in [0.15, 0.2) is 11.0 Å². The van der Waals surface area contributed by atoms with E-state index < -0.39 is 0 Å². The van der Waals surface area contributed by atoms with Gasteiger partial charge in [-0.1, -0.05) is 36.4 Å². The standard InChI is InChI=1S/C22H21NO4/c1-14-13-23(11-12-26-14)22(25)18-10-6-9-17-19(24)15(2)20(27-21(17)18)16-7-4-3-5-8-16/h3-10,14H,11-13H2,1-2H3/t14-/m1/s1. The summed E-state index contributed by atoms with van der Waals surface area (Å²) in [5, 5.41) is 0.430. The van der Waals surface area contributed by atoms with Gasteiger partial charge in [0.25, 0.3) is 5.91 Å². The number of benzene rings is 2. The fourth-order valence-electron chi connectivity index (χ4n) is 3.52. The van der Waals surface area contributed by atoms with E-state index >= 15 is 0 Å². The Morgan fingerprint density at radius 2 is 1.89 bits per heavy atom. The maximum Gasteiger partial charge on any atom is 0.257 e. The van der Waals surface area contributed by atoms with Crippen LogP contribution < -0.4 is 5.43 Å². The Kier molecular flexibility index (Phi) is 4.54. The van der Waals surface area contributed by atoms with Crippen molar-refractivity contribution in [1.82, 2.24) is 4.90 Å². The molecular formula is C22H21NO4. The minimum Gasteiger partial charge on any atom is -0.455 e. The van der Waals surface area contributed by atoms with E-state index in [0.717, 1.165) is 5.56 Å². The molecule has 5 nitrogen and oxygen atoms in total. The number of rotatable bonds is 2. The molecule has 1 aliphatic rings. The van der Waals surface area contributed by atoms with Crippen molar-refractivity contribution in [3.05, 3.63) is 69.9 Å². The molecule has 1 atom stereocenters. The molecule has 1 aliphatic heterocycles. The largest absolute Gasteiger partial charge is 0.455 e. The van der Waals surface area contributed by atoms with Crippen molar-refractivity contribution in [2.75, 3.05) is 19.7 Å². The van der Waals surface area contributed by atoms with E-state index in [0.29, 0.717) is 47.6 Å². The van der Waals surface area contributed by atoms with Crippen LogP contribution in [0.5, 0.6) is 0 Å². The lowest BCUT2D eigenvalue weighted by Crippen LogP contribution is -2.44. The van der Waals surface area contributed by atoms with Crippen LogP contribution in [0, 0.1) is 6.92 Å². The average molecular weight is 363 g/mol. The van der Waals surface area contributed by atoms with Crippen molar-refractivity contribution in [3.63, 3.8) is 0 Å². The zero-order valence-corrected chi connectivity index (χ0v) is 15.4. The number of carbonyl (C=O) groups is 1. The molecule has 5 heteroatoms. The molecule has 0 radical (unpaired) electrons. The van der Waals surface area contributed by atoms with E-state index in [4.69, 9.17) is 9.15 Å². The van der Waals surface area contributed by atoms with Gasteiger partial charge < -0.3 is 14.1 Å². The lowest BCUT2D eigenvalue weighted by atomic mass is 10.0. The SMILES string of the molecule is Cc1c(-c2ccccc2)oc2c(C(=O)N3CCO[C@H](C)C3)cccc2c1=O. The van der Waals surface area contributed by atoms with E-state index in [1.54, 1.807) is 30.0 Å². The van der Waals surface area contributed by atoms with Crippen LogP contribution in [0.1, 0.15) is 22.8 Å². The van der Waals surface area contributed by atoms with Gasteiger partial charge in [0.05, 0.1) is 23.7 Å². The first-order chi connectivity index (χ1) is 13.1. The Labute approximate surface area is 157 Å². The Bertz CT molecular complexity index is 1060. The Hall–Kier alpha value is -2.92. The summed E-state index contributed by atoms with van der Waals surface area (Å²) in [5.74, 6) is 0.366. The van der Waals surface area contributed by atoms with Gasteiger partial charge in [-0.2, -0.15) is 0 Å². The van der Waals surface area contributed by atoms with Crippen molar-refractivity contribution in [3.8, 4) is 11.3 Å². The van der Waals surface area contributed by atoms with Crippen LogP contribution in [0.3, 0.4) is 0 Å². The van der Waals surface area contributed by atoms with Gasteiger partial charge in [0.2, 0.25) is 0 Å². The smallest absolute Gasteiger partial charge is 0.257 e. The molecule has 0 bridgehead atoms. The van der Waals surface area contributed by atoms with Gasteiger partial charge in [-0.05, 0) is 26.0 Å². The average Bonchev–Trinajstić information content (AvgIpc) is 2.70. The van der Waals surface area contributed by atoms with E-state index in [1.807, 2.05) is 37.3 Å². The van der Waals surface area contributed by atoms with Crippen molar-refractivity contribution >= 4 is 16.9 Å². The van der Waals surface area contributed by atoms with Crippen LogP contribution in [0.4, 0.5) is 0 Å². The van der Waals surface area contributed by atoms with Gasteiger partial charge >= 0.3 is 0 Å². The lowest BCUT2D eigenvalue weighted by molar-refractivity contribution is -0.0123. The number of ether oxygens (including phenoxy) is 1. The molecule has 2 heterocycles. The Morgan fingerprint density at radius 3 is 2.63 bits per heavy atom. The van der Waals surface area contributed by atoms with Crippen molar-refractivity contribution < 1.29 is 13.9 Å². The minimum absolute atomic E-state index is 0.00758. The lowest BCUT2D eigenvalue weighted by Gasteiger charge is -2.31. The molecule has 2 aromatic carbocycles. The van der Waals surface area contributed by atoms with Gasteiger partial charge in [-0.3, -0.25) is 9.59 Å². The molecule has 0 saturated carbocycles. The first-order valence-electron chi connectivity index (χ1n) is 9.09. The molecule has 0 unspecified atom stereocenters. The maximum atomic E-state index is 13.1. The summed E-state index contributed by atoms with van der Waals surface area (Å²) < 4.78 is 11.7. The molecule has 1 fully saturated rings. The topological polar surface area (TPSA) is 59.8 Å². The number of para-hydroxylation sites is 1. The molecule has 3 aromatic rings. The van der Waals surface area contributed by atoms with E-state index in [2.05, 4.69) is 0 Å². The van der Waals surface area contributed by atoms with E-state index in [-0.39, 0.29) is 17.4 Å². The summed E-state index contributed by atoms with van der Waals surface area (Å²) in [7, 11) is 0. The molecule has 0 N–H and O–H groups in total. The van der Waals surface area contributed by atoms with Crippen LogP contribution in [0.15, 0.2) is 57.7 Å². The third-order valence-electron chi connectivity index (χ3n) is 4.94. The monoisotopic (exact) mass is 363 g/mol. The normalized spacial score (nSPS) is 17.3. The Balaban J connectivity index is 1.88. The molecule has 138 valence electrons. The van der Waals surface area contributed by atoms with Crippen LogP contribution in [-0.4, -0.2) is 36.6 Å². The highest BCUT2D eigenvalue weighted by Crippen LogP contribution is 2.28. The van der Waals surface area contributed by atoms with Crippen LogP contribution in [-0.2, 0) is 4.74 Å². The quantitative estimate of drug-likeness (QED) is 0.698. The number of carbonyl (C=O) groups excluding carboxylic acids is 1. The highest BCUT2D eigenvalue weighted by molar-refractivity contribution is 6.05. The number of hydrogen-bond donors (Lipinski definition) is 0. The molecule has 1 saturated heterocycles. The second-order valence-electron chi connectivity index (χ2n) is 6.87. The summed E-state index contributed by atoms with van der Waals surface area (Å²) in [4.78, 5) is 27.8. The zero-order chi connectivity index (χ0) is 19.0. The zero-order valence-electron chi connectivity index (χ0n) is 15.4. The summed E-state index contributed by atoms with van der Waals surface area (Å²) in [5.41, 5.74) is 2.00. The van der Waals surface area contributed by atoms with Gasteiger partial charge in [0, 0.05) is 24.2 Å².